The van der Waals surface area contributed by atoms with Crippen molar-refractivity contribution in [3.05, 3.63) is 18.3 Å². The van der Waals surface area contributed by atoms with E-state index in [2.05, 4.69) is 24.1 Å². The van der Waals surface area contributed by atoms with E-state index in [9.17, 15) is 4.79 Å². The Balaban J connectivity index is 2.51. The molecule has 1 rings (SSSR count). The first kappa shape index (κ1) is 14.8. The molecule has 1 amide bonds. The van der Waals surface area contributed by atoms with Crippen LogP contribution in [0.25, 0.3) is 0 Å². The first-order valence-corrected chi connectivity index (χ1v) is 7.13. The number of hydrogen-bond donors (Lipinski definition) is 2. The van der Waals surface area contributed by atoms with Crippen LogP contribution in [0.2, 0.25) is 0 Å². The summed E-state index contributed by atoms with van der Waals surface area (Å²) in [6.45, 7) is 6.06. The van der Waals surface area contributed by atoms with E-state index in [0.29, 0.717) is 5.82 Å². The molecule has 0 aromatic carbocycles. The third kappa shape index (κ3) is 4.56. The van der Waals surface area contributed by atoms with Gasteiger partial charge in [0.05, 0.1) is 5.25 Å². The second-order valence-corrected chi connectivity index (χ2v) is 5.62. The normalized spacial score (nSPS) is 12.4. The van der Waals surface area contributed by atoms with Crippen molar-refractivity contribution in [2.75, 3.05) is 5.73 Å². The van der Waals surface area contributed by atoms with Gasteiger partial charge in [0.25, 0.3) is 0 Å². The van der Waals surface area contributed by atoms with Crippen molar-refractivity contribution in [1.29, 1.82) is 0 Å². The SMILES string of the molecule is CCC(CC)NC(=O)C(C)Sc1ccc(N)nc1. The number of nitrogens with zero attached hydrogens (tertiary/aromatic N) is 1. The summed E-state index contributed by atoms with van der Waals surface area (Å²) in [4.78, 5) is 16.9. The number of aromatic nitrogens is 1. The van der Waals surface area contributed by atoms with Crippen molar-refractivity contribution in [2.24, 2.45) is 0 Å². The highest BCUT2D eigenvalue weighted by atomic mass is 32.2. The Morgan fingerprint density at radius 3 is 2.61 bits per heavy atom. The second-order valence-electron chi connectivity index (χ2n) is 4.20. The van der Waals surface area contributed by atoms with Gasteiger partial charge in [0, 0.05) is 17.1 Å². The number of nitrogen functional groups attached to an aromatic ring is 1. The van der Waals surface area contributed by atoms with E-state index >= 15 is 0 Å². The van der Waals surface area contributed by atoms with E-state index in [0.717, 1.165) is 17.7 Å². The average Bonchev–Trinajstić information content (AvgIpc) is 2.38. The van der Waals surface area contributed by atoms with Crippen LogP contribution in [-0.2, 0) is 4.79 Å². The highest BCUT2D eigenvalue weighted by molar-refractivity contribution is 8.00. The first-order chi connectivity index (χ1) is 8.56. The van der Waals surface area contributed by atoms with E-state index in [1.54, 1.807) is 12.3 Å². The molecule has 0 aliphatic rings. The summed E-state index contributed by atoms with van der Waals surface area (Å²) in [5, 5.41) is 2.91. The number of pyridine rings is 1. The third-order valence-corrected chi connectivity index (χ3v) is 3.85. The van der Waals surface area contributed by atoms with Crippen molar-refractivity contribution in [1.82, 2.24) is 10.3 Å². The molecular formula is C13H21N3OS. The zero-order valence-electron chi connectivity index (χ0n) is 11.1. The fourth-order valence-corrected chi connectivity index (χ4v) is 2.37. The monoisotopic (exact) mass is 267 g/mol. The van der Waals surface area contributed by atoms with Crippen LogP contribution in [0.1, 0.15) is 33.6 Å². The summed E-state index contributed by atoms with van der Waals surface area (Å²) < 4.78 is 0. The van der Waals surface area contributed by atoms with E-state index in [4.69, 9.17) is 5.73 Å². The van der Waals surface area contributed by atoms with Gasteiger partial charge >= 0.3 is 0 Å². The van der Waals surface area contributed by atoms with Crippen molar-refractivity contribution in [2.45, 2.75) is 49.8 Å². The maximum absolute atomic E-state index is 12.0. The van der Waals surface area contributed by atoms with Crippen molar-refractivity contribution >= 4 is 23.5 Å². The lowest BCUT2D eigenvalue weighted by atomic mass is 10.2. The standard InChI is InChI=1S/C13H21N3OS/c1-4-10(5-2)16-13(17)9(3)18-11-6-7-12(14)15-8-11/h6-10H,4-5H2,1-3H3,(H2,14,15)(H,16,17). The van der Waals surface area contributed by atoms with Gasteiger partial charge in [0.2, 0.25) is 5.91 Å². The van der Waals surface area contributed by atoms with Crippen LogP contribution in [0.15, 0.2) is 23.2 Å². The Hall–Kier alpha value is -1.23. The van der Waals surface area contributed by atoms with Gasteiger partial charge in [0.15, 0.2) is 0 Å². The number of hydrogen-bond acceptors (Lipinski definition) is 4. The van der Waals surface area contributed by atoms with Gasteiger partial charge in [-0.25, -0.2) is 4.98 Å². The molecule has 1 heterocycles. The molecule has 5 heteroatoms. The minimum absolute atomic E-state index is 0.0746. The smallest absolute Gasteiger partial charge is 0.233 e. The average molecular weight is 267 g/mol. The van der Waals surface area contributed by atoms with Gasteiger partial charge < -0.3 is 11.1 Å². The van der Waals surface area contributed by atoms with Crippen LogP contribution in [0.5, 0.6) is 0 Å². The van der Waals surface area contributed by atoms with Crippen LogP contribution in [0.3, 0.4) is 0 Å². The molecule has 1 aromatic heterocycles. The fourth-order valence-electron chi connectivity index (χ4n) is 1.53. The Labute approximate surface area is 113 Å². The van der Waals surface area contributed by atoms with E-state index in [1.165, 1.54) is 11.8 Å². The van der Waals surface area contributed by atoms with Crippen LogP contribution in [-0.4, -0.2) is 22.2 Å². The molecule has 0 bridgehead atoms. The summed E-state index contributed by atoms with van der Waals surface area (Å²) in [5.74, 6) is 0.569. The summed E-state index contributed by atoms with van der Waals surface area (Å²) in [5.41, 5.74) is 5.52. The van der Waals surface area contributed by atoms with Crippen LogP contribution < -0.4 is 11.1 Å². The maximum atomic E-state index is 12.0. The lowest BCUT2D eigenvalue weighted by molar-refractivity contribution is -0.121. The highest BCUT2D eigenvalue weighted by Crippen LogP contribution is 2.23. The topological polar surface area (TPSA) is 68.0 Å². The van der Waals surface area contributed by atoms with Crippen LogP contribution in [0.4, 0.5) is 5.82 Å². The summed E-state index contributed by atoms with van der Waals surface area (Å²) in [6.07, 6.45) is 3.62. The van der Waals surface area contributed by atoms with E-state index in [-0.39, 0.29) is 17.2 Å². The van der Waals surface area contributed by atoms with Gasteiger partial charge in [-0.3, -0.25) is 4.79 Å². The van der Waals surface area contributed by atoms with E-state index < -0.39 is 0 Å². The number of carbonyl (C=O) groups is 1. The molecule has 0 aliphatic carbocycles. The molecular weight excluding hydrogens is 246 g/mol. The summed E-state index contributed by atoms with van der Waals surface area (Å²) in [6, 6.07) is 3.90. The second kappa shape index (κ2) is 7.26. The molecule has 18 heavy (non-hydrogen) atoms. The molecule has 1 aromatic rings. The van der Waals surface area contributed by atoms with Crippen LogP contribution in [0, 0.1) is 0 Å². The zero-order chi connectivity index (χ0) is 13.5. The van der Waals surface area contributed by atoms with Crippen molar-refractivity contribution < 1.29 is 4.79 Å². The minimum Gasteiger partial charge on any atom is -0.384 e. The number of amides is 1. The highest BCUT2D eigenvalue weighted by Gasteiger charge is 2.16. The van der Waals surface area contributed by atoms with Gasteiger partial charge in [-0.2, -0.15) is 0 Å². The first-order valence-electron chi connectivity index (χ1n) is 6.25. The number of nitrogens with two attached hydrogens (primary N) is 1. The predicted octanol–water partition coefficient (Wildman–Crippen LogP) is 2.45. The minimum atomic E-state index is -0.129. The zero-order valence-corrected chi connectivity index (χ0v) is 12.0. The molecule has 0 aliphatic heterocycles. The number of rotatable bonds is 6. The Morgan fingerprint density at radius 2 is 2.11 bits per heavy atom. The number of carbonyl (C=O) groups excluding carboxylic acids is 1. The largest absolute Gasteiger partial charge is 0.384 e. The van der Waals surface area contributed by atoms with Crippen LogP contribution >= 0.6 is 11.8 Å². The molecule has 1 unspecified atom stereocenters. The molecule has 1 atom stereocenters. The van der Waals surface area contributed by atoms with Gasteiger partial charge in [0.1, 0.15) is 5.82 Å². The molecule has 0 saturated heterocycles. The quantitative estimate of drug-likeness (QED) is 0.777. The summed E-state index contributed by atoms with van der Waals surface area (Å²) in [7, 11) is 0. The molecule has 0 fully saturated rings. The van der Waals surface area contributed by atoms with Crippen molar-refractivity contribution in [3.63, 3.8) is 0 Å². The summed E-state index contributed by atoms with van der Waals surface area (Å²) >= 11 is 1.49. The molecule has 0 radical (unpaired) electrons. The lowest BCUT2D eigenvalue weighted by Crippen LogP contribution is -2.38. The Bertz CT molecular complexity index is 376. The number of thioether (sulfide) groups is 1. The predicted molar refractivity (Wildman–Crippen MR) is 76.5 cm³/mol. The molecule has 4 nitrogen and oxygen atoms in total. The molecule has 0 spiro atoms. The fraction of sp³-hybridized carbons (Fsp3) is 0.538. The van der Waals surface area contributed by atoms with Gasteiger partial charge in [-0.15, -0.1) is 11.8 Å². The number of nitrogens with one attached hydrogen (secondary N) is 1. The Morgan fingerprint density at radius 1 is 1.44 bits per heavy atom. The van der Waals surface area contributed by atoms with Gasteiger partial charge in [-0.05, 0) is 31.9 Å². The van der Waals surface area contributed by atoms with Crippen molar-refractivity contribution in [3.8, 4) is 0 Å². The Kier molecular flexibility index (Phi) is 5.98. The molecule has 3 N–H and O–H groups in total. The maximum Gasteiger partial charge on any atom is 0.233 e. The van der Waals surface area contributed by atoms with E-state index in [1.807, 2.05) is 13.0 Å². The lowest BCUT2D eigenvalue weighted by Gasteiger charge is -2.18. The molecule has 0 saturated carbocycles. The molecule has 100 valence electrons. The number of anilines is 1. The van der Waals surface area contributed by atoms with Gasteiger partial charge in [-0.1, -0.05) is 13.8 Å². The third-order valence-electron chi connectivity index (χ3n) is 2.77.